The first kappa shape index (κ1) is 16.1. The molecule has 0 aliphatic rings. The topological polar surface area (TPSA) is 93.0 Å². The van der Waals surface area contributed by atoms with E-state index >= 15 is 0 Å². The number of nitrogens with zero attached hydrogens (tertiary/aromatic N) is 3. The summed E-state index contributed by atoms with van der Waals surface area (Å²) in [5.74, 6) is 1.36. The number of anilines is 2. The lowest BCUT2D eigenvalue weighted by molar-refractivity contribution is -0.385. The molecule has 7 nitrogen and oxygen atoms in total. The van der Waals surface area contributed by atoms with Crippen LogP contribution in [0.1, 0.15) is 38.8 Å². The number of unbranched alkanes of at least 4 members (excludes halogenated alkanes) is 1. The van der Waals surface area contributed by atoms with E-state index in [-0.39, 0.29) is 11.5 Å². The van der Waals surface area contributed by atoms with E-state index < -0.39 is 4.92 Å². The maximum atomic E-state index is 11.1. The smallest absolute Gasteiger partial charge is 0.332 e. The van der Waals surface area contributed by atoms with Gasteiger partial charge in [0, 0.05) is 13.6 Å². The van der Waals surface area contributed by atoms with Gasteiger partial charge >= 0.3 is 5.69 Å². The summed E-state index contributed by atoms with van der Waals surface area (Å²) < 4.78 is 0. The van der Waals surface area contributed by atoms with Crippen LogP contribution in [-0.2, 0) is 0 Å². The van der Waals surface area contributed by atoms with Gasteiger partial charge in [-0.3, -0.25) is 10.1 Å². The van der Waals surface area contributed by atoms with Gasteiger partial charge in [0.15, 0.2) is 0 Å². The van der Waals surface area contributed by atoms with Crippen molar-refractivity contribution in [3.05, 3.63) is 15.8 Å². The number of aryl methyl sites for hydroxylation is 1. The summed E-state index contributed by atoms with van der Waals surface area (Å²) in [7, 11) is 1.69. The number of aromatic nitrogens is 2. The molecule has 20 heavy (non-hydrogen) atoms. The fraction of sp³-hybridized carbons (Fsp3) is 0.692. The van der Waals surface area contributed by atoms with Crippen molar-refractivity contribution in [1.29, 1.82) is 0 Å². The van der Waals surface area contributed by atoms with Crippen LogP contribution in [0.25, 0.3) is 0 Å². The van der Waals surface area contributed by atoms with Crippen LogP contribution in [0, 0.1) is 23.0 Å². The Morgan fingerprint density at radius 3 is 2.55 bits per heavy atom. The molecule has 0 unspecified atom stereocenters. The van der Waals surface area contributed by atoms with Gasteiger partial charge in [-0.05, 0) is 19.3 Å². The molecule has 0 aromatic carbocycles. The van der Waals surface area contributed by atoms with Crippen molar-refractivity contribution >= 4 is 17.5 Å². The van der Waals surface area contributed by atoms with E-state index in [0.29, 0.717) is 24.1 Å². The van der Waals surface area contributed by atoms with Crippen molar-refractivity contribution in [1.82, 2.24) is 9.97 Å². The minimum Gasteiger partial charge on any atom is -0.364 e. The van der Waals surface area contributed by atoms with Crippen molar-refractivity contribution in [3.63, 3.8) is 0 Å². The predicted octanol–water partition coefficient (Wildman–Crippen LogP) is 2.97. The van der Waals surface area contributed by atoms with Gasteiger partial charge in [0.25, 0.3) is 0 Å². The van der Waals surface area contributed by atoms with Crippen molar-refractivity contribution in [2.24, 2.45) is 5.92 Å². The minimum atomic E-state index is -0.439. The van der Waals surface area contributed by atoms with Crippen LogP contribution in [0.5, 0.6) is 0 Å². The van der Waals surface area contributed by atoms with E-state index in [1.54, 1.807) is 14.0 Å². The molecule has 0 atom stereocenters. The SMILES string of the molecule is CNc1nc(C)c([N+](=O)[O-])c(NCCCCC(C)C)n1. The van der Waals surface area contributed by atoms with E-state index in [9.17, 15) is 10.1 Å². The molecule has 1 aromatic heterocycles. The van der Waals surface area contributed by atoms with Crippen molar-refractivity contribution in [2.45, 2.75) is 40.0 Å². The Balaban J connectivity index is 2.72. The average Bonchev–Trinajstić information content (AvgIpc) is 2.36. The highest BCUT2D eigenvalue weighted by atomic mass is 16.6. The van der Waals surface area contributed by atoms with E-state index in [0.717, 1.165) is 19.3 Å². The fourth-order valence-corrected chi connectivity index (χ4v) is 1.91. The van der Waals surface area contributed by atoms with E-state index in [2.05, 4.69) is 34.4 Å². The van der Waals surface area contributed by atoms with Gasteiger partial charge in [0.1, 0.15) is 5.69 Å². The third-order valence-electron chi connectivity index (χ3n) is 2.97. The van der Waals surface area contributed by atoms with Crippen LogP contribution in [0.3, 0.4) is 0 Å². The molecule has 0 saturated carbocycles. The third-order valence-corrected chi connectivity index (χ3v) is 2.97. The fourth-order valence-electron chi connectivity index (χ4n) is 1.91. The molecule has 0 aliphatic carbocycles. The molecule has 7 heteroatoms. The van der Waals surface area contributed by atoms with Crippen LogP contribution < -0.4 is 10.6 Å². The van der Waals surface area contributed by atoms with Crippen LogP contribution in [0.4, 0.5) is 17.5 Å². The molecular formula is C13H23N5O2. The monoisotopic (exact) mass is 281 g/mol. The van der Waals surface area contributed by atoms with Gasteiger partial charge < -0.3 is 10.6 Å². The maximum absolute atomic E-state index is 11.1. The highest BCUT2D eigenvalue weighted by molar-refractivity contribution is 5.60. The van der Waals surface area contributed by atoms with Crippen molar-refractivity contribution in [3.8, 4) is 0 Å². The number of rotatable bonds is 8. The Kier molecular flexibility index (Phi) is 6.14. The van der Waals surface area contributed by atoms with Gasteiger partial charge in [-0.25, -0.2) is 4.98 Å². The molecular weight excluding hydrogens is 258 g/mol. The second-order valence-electron chi connectivity index (χ2n) is 5.15. The summed E-state index contributed by atoms with van der Waals surface area (Å²) in [4.78, 5) is 18.8. The van der Waals surface area contributed by atoms with Crippen LogP contribution in [-0.4, -0.2) is 28.5 Å². The van der Waals surface area contributed by atoms with E-state index in [4.69, 9.17) is 0 Å². The van der Waals surface area contributed by atoms with Gasteiger partial charge in [-0.1, -0.05) is 26.7 Å². The number of hydrogen-bond acceptors (Lipinski definition) is 6. The Morgan fingerprint density at radius 2 is 2.00 bits per heavy atom. The van der Waals surface area contributed by atoms with E-state index in [1.165, 1.54) is 0 Å². The molecule has 112 valence electrons. The quantitative estimate of drug-likeness (QED) is 0.432. The molecule has 0 amide bonds. The summed E-state index contributed by atoms with van der Waals surface area (Å²) in [5.41, 5.74) is 0.312. The molecule has 0 fully saturated rings. The van der Waals surface area contributed by atoms with Crippen LogP contribution >= 0.6 is 0 Å². The first-order valence-electron chi connectivity index (χ1n) is 6.90. The van der Waals surface area contributed by atoms with Gasteiger partial charge in [0.05, 0.1) is 4.92 Å². The average molecular weight is 281 g/mol. The normalized spacial score (nSPS) is 10.7. The highest BCUT2D eigenvalue weighted by Gasteiger charge is 2.21. The molecule has 0 radical (unpaired) electrons. The third kappa shape index (κ3) is 4.64. The predicted molar refractivity (Wildman–Crippen MR) is 80.1 cm³/mol. The van der Waals surface area contributed by atoms with Gasteiger partial charge in [0.2, 0.25) is 11.8 Å². The van der Waals surface area contributed by atoms with E-state index in [1.807, 2.05) is 0 Å². The first-order chi connectivity index (χ1) is 9.45. The maximum Gasteiger partial charge on any atom is 0.332 e. The zero-order chi connectivity index (χ0) is 15.1. The first-order valence-corrected chi connectivity index (χ1v) is 6.90. The lowest BCUT2D eigenvalue weighted by Gasteiger charge is -2.09. The van der Waals surface area contributed by atoms with Gasteiger partial charge in [-0.15, -0.1) is 0 Å². The van der Waals surface area contributed by atoms with Crippen molar-refractivity contribution < 1.29 is 4.92 Å². The number of nitro groups is 1. The molecule has 1 rings (SSSR count). The molecule has 0 saturated heterocycles. The summed E-state index contributed by atoms with van der Waals surface area (Å²) >= 11 is 0. The Bertz CT molecular complexity index is 462. The van der Waals surface area contributed by atoms with Gasteiger partial charge in [-0.2, -0.15) is 4.98 Å². The zero-order valence-electron chi connectivity index (χ0n) is 12.6. The summed E-state index contributed by atoms with van der Waals surface area (Å²) in [6, 6.07) is 0. The second-order valence-corrected chi connectivity index (χ2v) is 5.15. The lowest BCUT2D eigenvalue weighted by Crippen LogP contribution is -2.10. The van der Waals surface area contributed by atoms with Crippen LogP contribution in [0.2, 0.25) is 0 Å². The summed E-state index contributed by atoms with van der Waals surface area (Å²) in [6.07, 6.45) is 3.23. The molecule has 1 aromatic rings. The summed E-state index contributed by atoms with van der Waals surface area (Å²) in [6.45, 7) is 6.66. The largest absolute Gasteiger partial charge is 0.364 e. The molecule has 1 heterocycles. The Labute approximate surface area is 119 Å². The number of nitrogens with one attached hydrogen (secondary N) is 2. The van der Waals surface area contributed by atoms with Crippen molar-refractivity contribution in [2.75, 3.05) is 24.2 Å². The molecule has 0 spiro atoms. The summed E-state index contributed by atoms with van der Waals surface area (Å²) in [5, 5.41) is 16.9. The standard InChI is InChI=1S/C13H23N5O2/c1-9(2)7-5-6-8-15-12-11(18(19)20)10(3)16-13(14-4)17-12/h9H,5-8H2,1-4H3,(H2,14,15,16,17). The molecule has 2 N–H and O–H groups in total. The molecule has 0 bridgehead atoms. The Morgan fingerprint density at radius 1 is 1.30 bits per heavy atom. The highest BCUT2D eigenvalue weighted by Crippen LogP contribution is 2.26. The molecule has 0 aliphatic heterocycles. The Hall–Kier alpha value is -1.92. The minimum absolute atomic E-state index is 0.0483. The van der Waals surface area contributed by atoms with Crippen LogP contribution in [0.15, 0.2) is 0 Å². The lowest BCUT2D eigenvalue weighted by atomic mass is 10.1. The number of hydrogen-bond donors (Lipinski definition) is 2. The second kappa shape index (κ2) is 7.62. The zero-order valence-corrected chi connectivity index (χ0v) is 12.6.